The summed E-state index contributed by atoms with van der Waals surface area (Å²) < 4.78 is 8.17. The highest BCUT2D eigenvalue weighted by molar-refractivity contribution is 6.04. The lowest BCUT2D eigenvalue weighted by atomic mass is 9.87. The number of benzene rings is 1. The largest absolute Gasteiger partial charge is 0.373 e. The molecule has 1 aromatic carbocycles. The number of aryl methyl sites for hydroxylation is 1. The lowest BCUT2D eigenvalue weighted by Crippen LogP contribution is -2.50. The Balaban J connectivity index is 1.23. The Morgan fingerprint density at radius 3 is 2.55 bits per heavy atom. The Kier molecular flexibility index (Phi) is 4.84. The molecule has 1 atom stereocenters. The van der Waals surface area contributed by atoms with Crippen LogP contribution in [-0.4, -0.2) is 95.0 Å². The van der Waals surface area contributed by atoms with Gasteiger partial charge in [0.25, 0.3) is 5.91 Å². The molecule has 0 N–H and O–H groups in total. The minimum atomic E-state index is -0.0447. The number of fused-ring (bicyclic) bond motifs is 1. The number of hydrogen-bond donors (Lipinski definition) is 0. The van der Waals surface area contributed by atoms with Crippen molar-refractivity contribution in [2.45, 2.75) is 30.9 Å². The van der Waals surface area contributed by atoms with E-state index in [0.717, 1.165) is 76.0 Å². The fourth-order valence-corrected chi connectivity index (χ4v) is 5.23. The summed E-state index contributed by atoms with van der Waals surface area (Å²) in [4.78, 5) is 20.1. The maximum atomic E-state index is 13.2. The van der Waals surface area contributed by atoms with Crippen LogP contribution in [0, 0.1) is 0 Å². The van der Waals surface area contributed by atoms with Crippen molar-refractivity contribution >= 4 is 16.8 Å². The molecule has 156 valence electrons. The molecule has 1 amide bonds. The normalized spacial score (nSPS) is 25.9. The molecule has 29 heavy (non-hydrogen) atoms. The van der Waals surface area contributed by atoms with Crippen molar-refractivity contribution in [3.05, 3.63) is 30.0 Å². The Morgan fingerprint density at radius 1 is 1.07 bits per heavy atom. The van der Waals surface area contributed by atoms with E-state index in [2.05, 4.69) is 21.9 Å². The minimum Gasteiger partial charge on any atom is -0.373 e. The number of aromatic nitrogens is 2. The van der Waals surface area contributed by atoms with Crippen molar-refractivity contribution in [3.63, 3.8) is 0 Å². The number of piperazine rings is 1. The highest BCUT2D eigenvalue weighted by Crippen LogP contribution is 2.38. The zero-order valence-corrected chi connectivity index (χ0v) is 17.5. The molecule has 0 saturated carbocycles. The van der Waals surface area contributed by atoms with Gasteiger partial charge in [-0.3, -0.25) is 14.4 Å². The summed E-state index contributed by atoms with van der Waals surface area (Å²) in [5, 5.41) is 5.45. The van der Waals surface area contributed by atoms with E-state index in [-0.39, 0.29) is 11.5 Å². The highest BCUT2D eigenvalue weighted by atomic mass is 16.5. The Hall–Kier alpha value is -1.96. The number of carbonyl (C=O) groups is 1. The van der Waals surface area contributed by atoms with E-state index >= 15 is 0 Å². The number of likely N-dealkylation sites (N-methyl/N-ethyl adjacent to an activating group) is 1. The van der Waals surface area contributed by atoms with Gasteiger partial charge in [-0.25, -0.2) is 0 Å². The molecule has 3 fully saturated rings. The third kappa shape index (κ3) is 3.45. The van der Waals surface area contributed by atoms with Crippen molar-refractivity contribution in [1.82, 2.24) is 24.5 Å². The second-order valence-electron chi connectivity index (χ2n) is 8.97. The Bertz CT molecular complexity index is 894. The first-order valence-electron chi connectivity index (χ1n) is 10.8. The number of para-hydroxylation sites is 1. The van der Waals surface area contributed by atoms with Crippen LogP contribution in [0.5, 0.6) is 0 Å². The standard InChI is InChI=1S/C22H31N5O2/c1-24-11-13-26(14-12-24)17-15-22(29-16-17)7-9-27(10-8-22)21(28)20-18-5-3-4-6-19(18)25(2)23-20/h3-6,17H,7-16H2,1-2H3/t17-/m0/s1. The van der Waals surface area contributed by atoms with Gasteiger partial charge in [-0.2, -0.15) is 5.10 Å². The number of rotatable bonds is 2. The monoisotopic (exact) mass is 397 g/mol. The third-order valence-electron chi connectivity index (χ3n) is 7.17. The van der Waals surface area contributed by atoms with Crippen LogP contribution in [0.4, 0.5) is 0 Å². The van der Waals surface area contributed by atoms with E-state index in [4.69, 9.17) is 4.74 Å². The quantitative estimate of drug-likeness (QED) is 0.770. The SMILES string of the molecule is CN1CCN([C@@H]2COC3(CCN(C(=O)c4nn(C)c5ccccc45)CC3)C2)CC1. The molecule has 3 saturated heterocycles. The molecule has 1 aromatic heterocycles. The van der Waals surface area contributed by atoms with Crippen molar-refractivity contribution in [2.75, 3.05) is 52.9 Å². The van der Waals surface area contributed by atoms with Gasteiger partial charge < -0.3 is 14.5 Å². The van der Waals surface area contributed by atoms with Gasteiger partial charge in [0.2, 0.25) is 0 Å². The zero-order chi connectivity index (χ0) is 20.0. The van der Waals surface area contributed by atoms with Gasteiger partial charge in [0.1, 0.15) is 0 Å². The van der Waals surface area contributed by atoms with Gasteiger partial charge in [0, 0.05) is 57.7 Å². The predicted molar refractivity (Wildman–Crippen MR) is 112 cm³/mol. The van der Waals surface area contributed by atoms with Crippen LogP contribution in [0.25, 0.3) is 10.9 Å². The van der Waals surface area contributed by atoms with Crippen LogP contribution in [0.15, 0.2) is 24.3 Å². The molecule has 4 heterocycles. The molecule has 3 aliphatic rings. The molecule has 7 nitrogen and oxygen atoms in total. The molecule has 0 radical (unpaired) electrons. The fourth-order valence-electron chi connectivity index (χ4n) is 5.23. The third-order valence-corrected chi connectivity index (χ3v) is 7.17. The number of piperidine rings is 1. The predicted octanol–water partition coefficient (Wildman–Crippen LogP) is 1.58. The van der Waals surface area contributed by atoms with Gasteiger partial charge in [-0.15, -0.1) is 0 Å². The Morgan fingerprint density at radius 2 is 1.79 bits per heavy atom. The van der Waals surface area contributed by atoms with Crippen LogP contribution in [0.1, 0.15) is 29.8 Å². The molecule has 1 spiro atoms. The van der Waals surface area contributed by atoms with Gasteiger partial charge in [-0.05, 0) is 32.4 Å². The summed E-state index contributed by atoms with van der Waals surface area (Å²) in [5.41, 5.74) is 1.52. The van der Waals surface area contributed by atoms with Crippen LogP contribution < -0.4 is 0 Å². The van der Waals surface area contributed by atoms with Crippen LogP contribution >= 0.6 is 0 Å². The molecular weight excluding hydrogens is 366 g/mol. The van der Waals surface area contributed by atoms with Gasteiger partial charge in [0.15, 0.2) is 5.69 Å². The molecule has 5 rings (SSSR count). The summed E-state index contributed by atoms with van der Waals surface area (Å²) >= 11 is 0. The number of carbonyl (C=O) groups excluding carboxylic acids is 1. The molecule has 0 aliphatic carbocycles. The number of hydrogen-bond acceptors (Lipinski definition) is 5. The molecule has 3 aliphatic heterocycles. The molecule has 0 unspecified atom stereocenters. The first kappa shape index (κ1) is 19.0. The van der Waals surface area contributed by atoms with E-state index in [1.165, 1.54) is 0 Å². The molecule has 0 bridgehead atoms. The summed E-state index contributed by atoms with van der Waals surface area (Å²) in [6, 6.07) is 8.48. The van der Waals surface area contributed by atoms with Crippen molar-refractivity contribution < 1.29 is 9.53 Å². The van der Waals surface area contributed by atoms with Crippen LogP contribution in [-0.2, 0) is 11.8 Å². The van der Waals surface area contributed by atoms with Crippen LogP contribution in [0.2, 0.25) is 0 Å². The van der Waals surface area contributed by atoms with E-state index in [1.54, 1.807) is 4.68 Å². The topological polar surface area (TPSA) is 53.8 Å². The summed E-state index contributed by atoms with van der Waals surface area (Å²) in [7, 11) is 4.09. The fraction of sp³-hybridized carbons (Fsp3) is 0.636. The second-order valence-corrected chi connectivity index (χ2v) is 8.97. The number of ether oxygens (including phenoxy) is 1. The first-order valence-corrected chi connectivity index (χ1v) is 10.8. The van der Waals surface area contributed by atoms with Crippen molar-refractivity contribution in [2.24, 2.45) is 7.05 Å². The van der Waals surface area contributed by atoms with Gasteiger partial charge in [0.05, 0.1) is 17.7 Å². The maximum absolute atomic E-state index is 13.2. The van der Waals surface area contributed by atoms with Crippen molar-refractivity contribution in [3.8, 4) is 0 Å². The average Bonchev–Trinajstić information content (AvgIpc) is 3.31. The number of amides is 1. The minimum absolute atomic E-state index is 0.0447. The molecule has 7 heteroatoms. The zero-order valence-electron chi connectivity index (χ0n) is 17.5. The van der Waals surface area contributed by atoms with Crippen molar-refractivity contribution in [1.29, 1.82) is 0 Å². The molecule has 2 aromatic rings. The second kappa shape index (κ2) is 7.38. The summed E-state index contributed by atoms with van der Waals surface area (Å²) in [5.74, 6) is 0.0465. The van der Waals surface area contributed by atoms with Gasteiger partial charge >= 0.3 is 0 Å². The number of likely N-dealkylation sites (tertiary alicyclic amines) is 1. The lowest BCUT2D eigenvalue weighted by Gasteiger charge is -2.39. The van der Waals surface area contributed by atoms with Gasteiger partial charge in [-0.1, -0.05) is 18.2 Å². The lowest BCUT2D eigenvalue weighted by molar-refractivity contribution is -0.0396. The molecular formula is C22H31N5O2. The van der Waals surface area contributed by atoms with E-state index in [0.29, 0.717) is 11.7 Å². The smallest absolute Gasteiger partial charge is 0.275 e. The van der Waals surface area contributed by atoms with E-state index in [1.807, 2.05) is 36.2 Å². The number of nitrogens with zero attached hydrogens (tertiary/aromatic N) is 5. The maximum Gasteiger partial charge on any atom is 0.275 e. The van der Waals surface area contributed by atoms with E-state index < -0.39 is 0 Å². The highest BCUT2D eigenvalue weighted by Gasteiger charge is 2.45. The Labute approximate surface area is 172 Å². The summed E-state index contributed by atoms with van der Waals surface area (Å²) in [6.07, 6.45) is 2.95. The van der Waals surface area contributed by atoms with E-state index in [9.17, 15) is 4.79 Å². The average molecular weight is 398 g/mol. The van der Waals surface area contributed by atoms with Crippen LogP contribution in [0.3, 0.4) is 0 Å². The first-order chi connectivity index (χ1) is 14.0. The summed E-state index contributed by atoms with van der Waals surface area (Å²) in [6.45, 7) is 6.89.